The van der Waals surface area contributed by atoms with Crippen molar-refractivity contribution in [3.05, 3.63) is 123 Å². The fraction of sp³-hybridized carbons (Fsp3) is 0.212. The molecule has 224 valence electrons. The lowest BCUT2D eigenvalue weighted by Crippen LogP contribution is -2.40. The van der Waals surface area contributed by atoms with Gasteiger partial charge in [0.05, 0.1) is 51.2 Å². The van der Waals surface area contributed by atoms with E-state index in [2.05, 4.69) is 27.0 Å². The Bertz CT molecular complexity index is 1990. The Morgan fingerprint density at radius 2 is 1.89 bits per heavy atom. The van der Waals surface area contributed by atoms with Crippen molar-refractivity contribution in [1.29, 1.82) is 5.26 Å². The highest BCUT2D eigenvalue weighted by Gasteiger charge is 2.33. The van der Waals surface area contributed by atoms with Gasteiger partial charge in [0.2, 0.25) is 0 Å². The highest BCUT2D eigenvalue weighted by atomic mass is 79.9. The van der Waals surface area contributed by atoms with Crippen LogP contribution in [0.15, 0.2) is 86.2 Å². The Labute approximate surface area is 271 Å². The molecule has 0 N–H and O–H groups in total. The molecule has 3 aromatic carbocycles. The Hall–Kier alpha value is -4.17. The summed E-state index contributed by atoms with van der Waals surface area (Å²) in [5, 5.41) is 9.57. The van der Waals surface area contributed by atoms with Crippen molar-refractivity contribution in [3.63, 3.8) is 0 Å². The van der Waals surface area contributed by atoms with Gasteiger partial charge in [0.1, 0.15) is 6.61 Å². The zero-order chi connectivity index (χ0) is 31.5. The number of carbonyl (C=O) groups is 1. The summed E-state index contributed by atoms with van der Waals surface area (Å²) in [6.45, 7) is 5.56. The topological polar surface area (TPSA) is 103 Å². The highest BCUT2D eigenvalue weighted by molar-refractivity contribution is 9.10. The molecule has 1 aliphatic rings. The summed E-state index contributed by atoms with van der Waals surface area (Å²) in [5.74, 6) is 0.448. The van der Waals surface area contributed by atoms with Crippen LogP contribution in [0.3, 0.4) is 0 Å². The highest BCUT2D eigenvalue weighted by Crippen LogP contribution is 2.37. The predicted octanol–water partition coefficient (Wildman–Crippen LogP) is 6.06. The molecule has 0 fully saturated rings. The smallest absolute Gasteiger partial charge is 0.338 e. The second kappa shape index (κ2) is 13.2. The van der Waals surface area contributed by atoms with Crippen LogP contribution < -0.4 is 24.4 Å². The van der Waals surface area contributed by atoms with Gasteiger partial charge in [-0.25, -0.2) is 9.79 Å². The summed E-state index contributed by atoms with van der Waals surface area (Å²) in [4.78, 5) is 32.4. The number of ether oxygens (including phenoxy) is 3. The van der Waals surface area contributed by atoms with Crippen molar-refractivity contribution in [2.75, 3.05) is 7.11 Å². The maximum absolute atomic E-state index is 14.0. The van der Waals surface area contributed by atoms with E-state index < -0.39 is 12.0 Å². The quantitative estimate of drug-likeness (QED) is 0.208. The van der Waals surface area contributed by atoms with Gasteiger partial charge < -0.3 is 14.2 Å². The minimum Gasteiger partial charge on any atom is -0.493 e. The van der Waals surface area contributed by atoms with E-state index in [0.29, 0.717) is 58.3 Å². The van der Waals surface area contributed by atoms with E-state index in [1.807, 2.05) is 18.2 Å². The Morgan fingerprint density at radius 3 is 2.52 bits per heavy atom. The van der Waals surface area contributed by atoms with Crippen LogP contribution >= 0.6 is 38.9 Å². The van der Waals surface area contributed by atoms with Crippen LogP contribution in [-0.2, 0) is 16.1 Å². The first-order valence-corrected chi connectivity index (χ1v) is 15.6. The SMILES string of the molecule is COc1cc(/C=c2/sc3n(c2=O)[C@H](c2ccc(Cl)cc2)C(C(=O)OC(C)C)=C(C)N=3)cc(Br)c1OCc1ccc(C#N)cc1. The van der Waals surface area contributed by atoms with Crippen LogP contribution in [0.4, 0.5) is 0 Å². The molecule has 0 radical (unpaired) electrons. The van der Waals surface area contributed by atoms with Crippen LogP contribution in [-0.4, -0.2) is 23.8 Å². The molecule has 8 nitrogen and oxygen atoms in total. The monoisotopic (exact) mass is 691 g/mol. The fourth-order valence-corrected chi connectivity index (χ4v) is 6.51. The predicted molar refractivity (Wildman–Crippen MR) is 173 cm³/mol. The average Bonchev–Trinajstić information content (AvgIpc) is 3.29. The van der Waals surface area contributed by atoms with Crippen molar-refractivity contribution in [2.45, 2.75) is 39.5 Å². The van der Waals surface area contributed by atoms with Crippen LogP contribution in [0.5, 0.6) is 11.5 Å². The fourth-order valence-electron chi connectivity index (χ4n) is 4.77. The maximum Gasteiger partial charge on any atom is 0.338 e. The molecule has 0 aliphatic carbocycles. The molecule has 11 heteroatoms. The Balaban J connectivity index is 1.55. The second-order valence-corrected chi connectivity index (χ2v) is 12.5. The van der Waals surface area contributed by atoms with E-state index in [1.165, 1.54) is 15.9 Å². The normalized spacial score (nSPS) is 14.6. The van der Waals surface area contributed by atoms with Crippen LogP contribution in [0.2, 0.25) is 5.02 Å². The van der Waals surface area contributed by atoms with Crippen molar-refractivity contribution >= 4 is 50.9 Å². The summed E-state index contributed by atoms with van der Waals surface area (Å²) in [6, 6.07) is 19.2. The minimum atomic E-state index is -0.740. The van der Waals surface area contributed by atoms with Crippen molar-refractivity contribution < 1.29 is 19.0 Å². The first-order chi connectivity index (χ1) is 21.1. The number of carbonyl (C=O) groups excluding carboxylic acids is 1. The van der Waals surface area contributed by atoms with E-state index in [1.54, 1.807) is 76.4 Å². The van der Waals surface area contributed by atoms with Crippen LogP contribution in [0.25, 0.3) is 6.08 Å². The number of allylic oxidation sites excluding steroid dienone is 1. The number of hydrogen-bond acceptors (Lipinski definition) is 8. The zero-order valence-corrected chi connectivity index (χ0v) is 27.4. The summed E-state index contributed by atoms with van der Waals surface area (Å²) < 4.78 is 19.8. The second-order valence-electron chi connectivity index (χ2n) is 10.2. The first kappa shape index (κ1) is 31.3. The van der Waals surface area contributed by atoms with Gasteiger partial charge in [-0.15, -0.1) is 0 Å². The third-order valence-electron chi connectivity index (χ3n) is 6.79. The summed E-state index contributed by atoms with van der Waals surface area (Å²) in [7, 11) is 1.54. The molecular weight excluding hydrogens is 666 g/mol. The molecule has 0 amide bonds. The molecule has 1 aliphatic heterocycles. The molecule has 0 saturated carbocycles. The third kappa shape index (κ3) is 6.50. The van der Waals surface area contributed by atoms with E-state index >= 15 is 0 Å². The number of rotatable bonds is 8. The molecule has 5 rings (SSSR count). The number of fused-ring (bicyclic) bond motifs is 1. The molecule has 4 aromatic rings. The number of benzene rings is 3. The van der Waals surface area contributed by atoms with E-state index in [0.717, 1.165) is 5.56 Å². The summed E-state index contributed by atoms with van der Waals surface area (Å²) in [6.07, 6.45) is 1.41. The average molecular weight is 693 g/mol. The van der Waals surface area contributed by atoms with Gasteiger partial charge in [-0.3, -0.25) is 9.36 Å². The van der Waals surface area contributed by atoms with Gasteiger partial charge in [0.25, 0.3) is 5.56 Å². The lowest BCUT2D eigenvalue weighted by Gasteiger charge is -2.25. The van der Waals surface area contributed by atoms with Gasteiger partial charge in [0.15, 0.2) is 16.3 Å². The van der Waals surface area contributed by atoms with Crippen molar-refractivity contribution in [2.24, 2.45) is 4.99 Å². The number of halogens is 2. The van der Waals surface area contributed by atoms with Crippen molar-refractivity contribution in [1.82, 2.24) is 4.57 Å². The number of methoxy groups -OCH3 is 1. The maximum atomic E-state index is 14.0. The van der Waals surface area contributed by atoms with E-state index in [4.69, 9.17) is 31.1 Å². The van der Waals surface area contributed by atoms with Crippen LogP contribution in [0, 0.1) is 11.3 Å². The number of hydrogen-bond donors (Lipinski definition) is 0. The largest absolute Gasteiger partial charge is 0.493 e. The molecular formula is C33H27BrClN3O5S. The minimum absolute atomic E-state index is 0.268. The number of thiazole rings is 1. The molecule has 2 heterocycles. The molecule has 0 spiro atoms. The van der Waals surface area contributed by atoms with E-state index in [-0.39, 0.29) is 18.3 Å². The van der Waals surface area contributed by atoms with Gasteiger partial charge in [0, 0.05) is 5.02 Å². The Morgan fingerprint density at radius 1 is 1.18 bits per heavy atom. The molecule has 0 bridgehead atoms. The summed E-state index contributed by atoms with van der Waals surface area (Å²) in [5.41, 5.74) is 3.36. The lowest BCUT2D eigenvalue weighted by atomic mass is 9.96. The number of aromatic nitrogens is 1. The molecule has 1 atom stereocenters. The van der Waals surface area contributed by atoms with E-state index in [9.17, 15) is 9.59 Å². The van der Waals surface area contributed by atoms with Crippen molar-refractivity contribution in [3.8, 4) is 17.6 Å². The van der Waals surface area contributed by atoms with Gasteiger partial charge in [-0.1, -0.05) is 47.2 Å². The molecule has 0 saturated heterocycles. The summed E-state index contributed by atoms with van der Waals surface area (Å²) >= 11 is 11.0. The number of esters is 1. The zero-order valence-electron chi connectivity index (χ0n) is 24.3. The Kier molecular flexibility index (Phi) is 9.39. The van der Waals surface area contributed by atoms with Crippen LogP contribution in [0.1, 0.15) is 49.1 Å². The van der Waals surface area contributed by atoms with Gasteiger partial charge >= 0.3 is 5.97 Å². The number of nitrogens with zero attached hydrogens (tertiary/aromatic N) is 3. The standard InChI is InChI=1S/C33H27BrClN3O5S/c1-18(2)43-32(40)28-19(3)37-33-38(29(28)23-9-11-24(35)12-10-23)31(39)27(44-33)15-22-13-25(34)30(26(14-22)41-4)42-17-21-7-5-20(16-36)6-8-21/h5-15,18,29H,17H2,1-4H3/b27-15+/t29-/m1/s1. The molecule has 44 heavy (non-hydrogen) atoms. The lowest BCUT2D eigenvalue weighted by molar-refractivity contribution is -0.143. The third-order valence-corrected chi connectivity index (χ3v) is 8.61. The molecule has 1 aromatic heterocycles. The molecule has 0 unspecified atom stereocenters. The first-order valence-electron chi connectivity index (χ1n) is 13.6. The van der Waals surface area contributed by atoms with Gasteiger partial charge in [-0.2, -0.15) is 5.26 Å². The van der Waals surface area contributed by atoms with Gasteiger partial charge in [-0.05, 0) is 95.9 Å². The number of nitriles is 1.